The summed E-state index contributed by atoms with van der Waals surface area (Å²) in [5.41, 5.74) is -0.549. The van der Waals surface area contributed by atoms with Crippen LogP contribution in [0.25, 0.3) is 0 Å². The Morgan fingerprint density at radius 3 is 1.93 bits per heavy atom. The average Bonchev–Trinajstić information content (AvgIpc) is 2.48. The first-order chi connectivity index (χ1) is 7.06. The smallest absolute Gasteiger partial charge is 0.146 e. The highest BCUT2D eigenvalue weighted by molar-refractivity contribution is 6.12. The summed E-state index contributed by atoms with van der Waals surface area (Å²) < 4.78 is 0. The molecule has 0 aromatic carbocycles. The maximum atomic E-state index is 11.8. The normalized spacial score (nSPS) is 26.9. The lowest BCUT2D eigenvalue weighted by Gasteiger charge is -2.37. The van der Waals surface area contributed by atoms with Gasteiger partial charge in [0.15, 0.2) is 0 Å². The summed E-state index contributed by atoms with van der Waals surface area (Å²) in [5.74, 6) is 0.425. The molecular formula is C12H19NO2. The van der Waals surface area contributed by atoms with Crippen LogP contribution >= 0.6 is 0 Å². The van der Waals surface area contributed by atoms with Gasteiger partial charge in [-0.05, 0) is 39.8 Å². The Labute approximate surface area is 90.8 Å². The molecule has 1 spiro atoms. The Balaban J connectivity index is 2.08. The zero-order chi connectivity index (χ0) is 11.1. The molecule has 0 heterocycles. The third-order valence-electron chi connectivity index (χ3n) is 4.19. The Kier molecular flexibility index (Phi) is 2.67. The number of hydrogen-bond acceptors (Lipinski definition) is 3. The van der Waals surface area contributed by atoms with Crippen molar-refractivity contribution >= 4 is 11.6 Å². The Morgan fingerprint density at radius 1 is 1.07 bits per heavy atom. The van der Waals surface area contributed by atoms with E-state index >= 15 is 0 Å². The molecule has 15 heavy (non-hydrogen) atoms. The van der Waals surface area contributed by atoms with Gasteiger partial charge in [-0.2, -0.15) is 0 Å². The van der Waals surface area contributed by atoms with Crippen LogP contribution in [-0.2, 0) is 9.59 Å². The molecule has 2 aliphatic rings. The molecule has 2 rings (SSSR count). The van der Waals surface area contributed by atoms with Crippen LogP contribution in [0.4, 0.5) is 0 Å². The number of Topliss-reactive ketones (excluding diaryl/α,β-unsaturated/α-hetero) is 2. The Morgan fingerprint density at radius 2 is 1.53 bits per heavy atom. The molecule has 84 valence electrons. The largest absolute Gasteiger partial charge is 0.306 e. The Bertz CT molecular complexity index is 270. The molecule has 0 saturated heterocycles. The zero-order valence-corrected chi connectivity index (χ0v) is 9.58. The van der Waals surface area contributed by atoms with E-state index in [1.165, 1.54) is 0 Å². The standard InChI is InChI=1S/C12H19NO2/c1-13(2)9-5-7-12(8-6-9)10(14)3-4-11(12)15/h9H,3-8H2,1-2H3. The minimum Gasteiger partial charge on any atom is -0.306 e. The van der Waals surface area contributed by atoms with E-state index in [-0.39, 0.29) is 11.6 Å². The number of hydrogen-bond donors (Lipinski definition) is 0. The highest BCUT2D eigenvalue weighted by Crippen LogP contribution is 2.44. The molecule has 2 saturated carbocycles. The van der Waals surface area contributed by atoms with Gasteiger partial charge in [-0.1, -0.05) is 0 Å². The van der Waals surface area contributed by atoms with Gasteiger partial charge in [0.05, 0.1) is 5.41 Å². The first-order valence-electron chi connectivity index (χ1n) is 5.79. The fourth-order valence-electron chi connectivity index (χ4n) is 3.03. The topological polar surface area (TPSA) is 37.4 Å². The molecule has 0 aromatic rings. The number of ketones is 2. The molecule has 0 amide bonds. The molecule has 0 N–H and O–H groups in total. The number of carbonyl (C=O) groups excluding carboxylic acids is 2. The summed E-state index contributed by atoms with van der Waals surface area (Å²) in [6.45, 7) is 0. The summed E-state index contributed by atoms with van der Waals surface area (Å²) in [6, 6.07) is 0.553. The van der Waals surface area contributed by atoms with E-state index < -0.39 is 5.41 Å². The highest BCUT2D eigenvalue weighted by Gasteiger charge is 2.50. The molecule has 3 nitrogen and oxygen atoms in total. The molecule has 0 bridgehead atoms. The van der Waals surface area contributed by atoms with E-state index in [0.29, 0.717) is 18.9 Å². The second kappa shape index (κ2) is 3.71. The second-order valence-corrected chi connectivity index (χ2v) is 5.12. The third-order valence-corrected chi connectivity index (χ3v) is 4.19. The minimum atomic E-state index is -0.549. The summed E-state index contributed by atoms with van der Waals surface area (Å²) in [4.78, 5) is 25.8. The van der Waals surface area contributed by atoms with Crippen molar-refractivity contribution in [3.63, 3.8) is 0 Å². The van der Waals surface area contributed by atoms with Gasteiger partial charge in [0.1, 0.15) is 11.6 Å². The van der Waals surface area contributed by atoms with Crippen molar-refractivity contribution in [3.8, 4) is 0 Å². The van der Waals surface area contributed by atoms with Crippen molar-refractivity contribution in [2.45, 2.75) is 44.6 Å². The van der Waals surface area contributed by atoms with Crippen LogP contribution in [0.5, 0.6) is 0 Å². The highest BCUT2D eigenvalue weighted by atomic mass is 16.2. The van der Waals surface area contributed by atoms with E-state index in [2.05, 4.69) is 19.0 Å². The maximum absolute atomic E-state index is 11.8. The van der Waals surface area contributed by atoms with E-state index in [0.717, 1.165) is 25.7 Å². The van der Waals surface area contributed by atoms with Crippen molar-refractivity contribution < 1.29 is 9.59 Å². The van der Waals surface area contributed by atoms with Gasteiger partial charge in [0.2, 0.25) is 0 Å². The number of carbonyl (C=O) groups is 2. The predicted octanol–water partition coefficient (Wildman–Crippen LogP) is 1.41. The van der Waals surface area contributed by atoms with Crippen molar-refractivity contribution in [1.82, 2.24) is 4.90 Å². The number of rotatable bonds is 1. The quantitative estimate of drug-likeness (QED) is 0.613. The number of nitrogens with zero attached hydrogens (tertiary/aromatic N) is 1. The first kappa shape index (κ1) is 10.8. The first-order valence-corrected chi connectivity index (χ1v) is 5.79. The van der Waals surface area contributed by atoms with Gasteiger partial charge in [-0.3, -0.25) is 9.59 Å². The van der Waals surface area contributed by atoms with Crippen molar-refractivity contribution in [2.75, 3.05) is 14.1 Å². The molecule has 0 unspecified atom stereocenters. The molecule has 0 radical (unpaired) electrons. The van der Waals surface area contributed by atoms with Gasteiger partial charge < -0.3 is 4.90 Å². The minimum absolute atomic E-state index is 0.213. The van der Waals surface area contributed by atoms with Crippen LogP contribution in [0.2, 0.25) is 0 Å². The molecule has 0 aromatic heterocycles. The van der Waals surface area contributed by atoms with Crippen LogP contribution in [0.1, 0.15) is 38.5 Å². The zero-order valence-electron chi connectivity index (χ0n) is 9.58. The summed E-state index contributed by atoms with van der Waals surface area (Å²) in [5, 5.41) is 0. The van der Waals surface area contributed by atoms with E-state index in [1.807, 2.05) is 0 Å². The molecular weight excluding hydrogens is 190 g/mol. The van der Waals surface area contributed by atoms with Crippen molar-refractivity contribution in [1.29, 1.82) is 0 Å². The van der Waals surface area contributed by atoms with E-state index in [4.69, 9.17) is 0 Å². The monoisotopic (exact) mass is 209 g/mol. The third kappa shape index (κ3) is 1.63. The second-order valence-electron chi connectivity index (χ2n) is 5.12. The van der Waals surface area contributed by atoms with Crippen LogP contribution in [0, 0.1) is 5.41 Å². The van der Waals surface area contributed by atoms with Crippen LogP contribution < -0.4 is 0 Å². The molecule has 0 atom stereocenters. The van der Waals surface area contributed by atoms with Gasteiger partial charge >= 0.3 is 0 Å². The SMILES string of the molecule is CN(C)C1CCC2(CC1)C(=O)CCC2=O. The fraction of sp³-hybridized carbons (Fsp3) is 0.833. The summed E-state index contributed by atoms with van der Waals surface area (Å²) >= 11 is 0. The van der Waals surface area contributed by atoms with Gasteiger partial charge in [0.25, 0.3) is 0 Å². The van der Waals surface area contributed by atoms with Gasteiger partial charge in [-0.15, -0.1) is 0 Å². The lowest BCUT2D eigenvalue weighted by molar-refractivity contribution is -0.137. The summed E-state index contributed by atoms with van der Waals surface area (Å²) in [7, 11) is 4.14. The van der Waals surface area contributed by atoms with Crippen molar-refractivity contribution in [3.05, 3.63) is 0 Å². The fourth-order valence-corrected chi connectivity index (χ4v) is 3.03. The lowest BCUT2D eigenvalue weighted by Crippen LogP contribution is -2.42. The van der Waals surface area contributed by atoms with Crippen molar-refractivity contribution in [2.24, 2.45) is 5.41 Å². The molecule has 2 fully saturated rings. The van der Waals surface area contributed by atoms with Crippen LogP contribution in [0.15, 0.2) is 0 Å². The predicted molar refractivity (Wildman–Crippen MR) is 57.6 cm³/mol. The van der Waals surface area contributed by atoms with Crippen LogP contribution in [-0.4, -0.2) is 36.6 Å². The summed E-state index contributed by atoms with van der Waals surface area (Å²) in [6.07, 6.45) is 4.53. The lowest BCUT2D eigenvalue weighted by atomic mass is 9.70. The molecule has 2 aliphatic carbocycles. The molecule has 0 aliphatic heterocycles. The molecule has 3 heteroatoms. The van der Waals surface area contributed by atoms with Gasteiger partial charge in [-0.25, -0.2) is 0 Å². The van der Waals surface area contributed by atoms with E-state index in [9.17, 15) is 9.59 Å². The maximum Gasteiger partial charge on any atom is 0.146 e. The average molecular weight is 209 g/mol. The van der Waals surface area contributed by atoms with E-state index in [1.54, 1.807) is 0 Å². The van der Waals surface area contributed by atoms with Crippen LogP contribution in [0.3, 0.4) is 0 Å². The Hall–Kier alpha value is -0.700. The van der Waals surface area contributed by atoms with Gasteiger partial charge in [0, 0.05) is 18.9 Å².